The maximum Gasteiger partial charge on any atom is 0.311 e. The van der Waals surface area contributed by atoms with Gasteiger partial charge in [-0.15, -0.1) is 0 Å². The van der Waals surface area contributed by atoms with Gasteiger partial charge in [-0.25, -0.2) is 0 Å². The van der Waals surface area contributed by atoms with E-state index in [1.54, 1.807) is 6.07 Å². The van der Waals surface area contributed by atoms with Crippen LogP contribution in [-0.2, 0) is 25.7 Å². The molecule has 0 aromatic heterocycles. The average Bonchev–Trinajstić information content (AvgIpc) is 2.57. The number of esters is 2. The largest absolute Gasteiger partial charge is 0.490 e. The van der Waals surface area contributed by atoms with Crippen LogP contribution in [-0.4, -0.2) is 30.6 Å². The van der Waals surface area contributed by atoms with Crippen LogP contribution in [0.1, 0.15) is 38.2 Å². The van der Waals surface area contributed by atoms with Crippen LogP contribution in [0.3, 0.4) is 0 Å². The summed E-state index contributed by atoms with van der Waals surface area (Å²) in [5.74, 6) is -0.673. The molecule has 8 heteroatoms. The van der Waals surface area contributed by atoms with E-state index in [1.165, 1.54) is 19.2 Å². The number of ether oxygens (including phenoxy) is 3. The normalized spacial score (nSPS) is 10.1. The Bertz CT molecular complexity index is 586. The van der Waals surface area contributed by atoms with Gasteiger partial charge in [-0.2, -0.15) is 0 Å². The van der Waals surface area contributed by atoms with Crippen LogP contribution >= 0.6 is 0 Å². The van der Waals surface area contributed by atoms with Gasteiger partial charge in [0.15, 0.2) is 5.75 Å². The molecule has 8 nitrogen and oxygen atoms in total. The lowest BCUT2D eigenvalue weighted by molar-refractivity contribution is -0.385. The van der Waals surface area contributed by atoms with Crippen molar-refractivity contribution in [1.82, 2.24) is 0 Å². The molecule has 0 saturated heterocycles. The van der Waals surface area contributed by atoms with Gasteiger partial charge in [0.2, 0.25) is 0 Å². The number of carbonyl (C=O) groups is 2. The second kappa shape index (κ2) is 10.2. The van der Waals surface area contributed by atoms with Crippen LogP contribution in [0.5, 0.6) is 5.75 Å². The van der Waals surface area contributed by atoms with Crippen molar-refractivity contribution in [3.8, 4) is 5.75 Å². The van der Waals surface area contributed by atoms with Gasteiger partial charge in [0.1, 0.15) is 6.61 Å². The van der Waals surface area contributed by atoms with Crippen molar-refractivity contribution in [3.05, 3.63) is 33.9 Å². The summed E-state index contributed by atoms with van der Waals surface area (Å²) in [6.45, 7) is 2.19. The van der Waals surface area contributed by atoms with E-state index in [-0.39, 0.29) is 36.9 Å². The molecule has 0 unspecified atom stereocenters. The Hall–Kier alpha value is -2.64. The minimum absolute atomic E-state index is 0.0794. The number of methoxy groups -OCH3 is 1. The number of hydrogen-bond donors (Lipinski definition) is 0. The Morgan fingerprint density at radius 2 is 1.83 bits per heavy atom. The summed E-state index contributed by atoms with van der Waals surface area (Å²) in [6.07, 6.45) is 1.33. The molecule has 0 aliphatic carbocycles. The van der Waals surface area contributed by atoms with Gasteiger partial charge in [-0.1, -0.05) is 13.0 Å². The molecule has 0 bridgehead atoms. The molecule has 24 heavy (non-hydrogen) atoms. The lowest BCUT2D eigenvalue weighted by atomic mass is 10.2. The van der Waals surface area contributed by atoms with E-state index in [2.05, 4.69) is 0 Å². The van der Waals surface area contributed by atoms with Crippen molar-refractivity contribution >= 4 is 17.6 Å². The molecule has 0 atom stereocenters. The average molecular weight is 339 g/mol. The molecular formula is C16H21NO7. The van der Waals surface area contributed by atoms with Crippen LogP contribution in [0.25, 0.3) is 0 Å². The van der Waals surface area contributed by atoms with E-state index in [0.717, 1.165) is 6.42 Å². The molecule has 0 amide bonds. The zero-order valence-electron chi connectivity index (χ0n) is 13.8. The van der Waals surface area contributed by atoms with E-state index in [0.29, 0.717) is 18.6 Å². The van der Waals surface area contributed by atoms with Crippen molar-refractivity contribution in [2.75, 3.05) is 13.7 Å². The standard InChI is InChI=1S/C16H21NO7/c1-3-9-23-15(18)5-4-6-16(19)24-11-12-7-8-14(22-2)13(10-12)17(20)21/h7-8,10H,3-6,9,11H2,1-2H3. The zero-order valence-corrected chi connectivity index (χ0v) is 13.8. The predicted octanol–water partition coefficient (Wildman–Crippen LogP) is 2.77. The van der Waals surface area contributed by atoms with Gasteiger partial charge in [0, 0.05) is 18.9 Å². The molecule has 0 radical (unpaired) electrons. The van der Waals surface area contributed by atoms with Gasteiger partial charge in [0.25, 0.3) is 0 Å². The Morgan fingerprint density at radius 3 is 2.42 bits per heavy atom. The molecule has 1 rings (SSSR count). The van der Waals surface area contributed by atoms with E-state index >= 15 is 0 Å². The maximum absolute atomic E-state index is 11.6. The second-order valence-corrected chi connectivity index (χ2v) is 5.00. The van der Waals surface area contributed by atoms with Crippen LogP contribution in [0.2, 0.25) is 0 Å². The summed E-state index contributed by atoms with van der Waals surface area (Å²) in [5.41, 5.74) is 0.294. The highest BCUT2D eigenvalue weighted by Gasteiger charge is 2.16. The molecule has 0 heterocycles. The third-order valence-electron chi connectivity index (χ3n) is 3.07. The van der Waals surface area contributed by atoms with Gasteiger partial charge in [-0.05, 0) is 24.5 Å². The van der Waals surface area contributed by atoms with E-state index in [9.17, 15) is 19.7 Å². The molecule has 1 aromatic carbocycles. The summed E-state index contributed by atoms with van der Waals surface area (Å²) in [4.78, 5) is 33.3. The lowest BCUT2D eigenvalue weighted by Gasteiger charge is -2.07. The summed E-state index contributed by atoms with van der Waals surface area (Å²) < 4.78 is 14.8. The molecule has 0 saturated carbocycles. The predicted molar refractivity (Wildman–Crippen MR) is 84.5 cm³/mol. The number of nitro benzene ring substituents is 1. The van der Waals surface area contributed by atoms with Gasteiger partial charge < -0.3 is 14.2 Å². The number of nitrogens with zero attached hydrogens (tertiary/aromatic N) is 1. The molecule has 1 aromatic rings. The molecule has 0 aliphatic rings. The maximum atomic E-state index is 11.6. The first-order valence-electron chi connectivity index (χ1n) is 7.60. The smallest absolute Gasteiger partial charge is 0.311 e. The number of rotatable bonds is 10. The number of carbonyl (C=O) groups excluding carboxylic acids is 2. The van der Waals surface area contributed by atoms with Crippen molar-refractivity contribution in [2.24, 2.45) is 0 Å². The zero-order chi connectivity index (χ0) is 17.9. The minimum Gasteiger partial charge on any atom is -0.490 e. The first-order valence-corrected chi connectivity index (χ1v) is 7.60. The summed E-state index contributed by atoms with van der Waals surface area (Å²) in [7, 11) is 1.34. The fourth-order valence-electron chi connectivity index (χ4n) is 1.87. The topological polar surface area (TPSA) is 105 Å². The van der Waals surface area contributed by atoms with E-state index in [4.69, 9.17) is 14.2 Å². The molecule has 0 spiro atoms. The Labute approximate surface area is 139 Å². The summed E-state index contributed by atoms with van der Waals surface area (Å²) in [5, 5.41) is 10.9. The highest BCUT2D eigenvalue weighted by molar-refractivity contribution is 5.72. The Morgan fingerprint density at radius 1 is 1.17 bits per heavy atom. The van der Waals surface area contributed by atoms with Crippen molar-refractivity contribution < 1.29 is 28.7 Å². The lowest BCUT2D eigenvalue weighted by Crippen LogP contribution is -2.08. The Kier molecular flexibility index (Phi) is 8.24. The first-order chi connectivity index (χ1) is 11.5. The van der Waals surface area contributed by atoms with E-state index < -0.39 is 10.9 Å². The van der Waals surface area contributed by atoms with Crippen molar-refractivity contribution in [2.45, 2.75) is 39.2 Å². The highest BCUT2D eigenvalue weighted by atomic mass is 16.6. The molecule has 0 fully saturated rings. The van der Waals surface area contributed by atoms with Crippen LogP contribution in [0.4, 0.5) is 5.69 Å². The molecular weight excluding hydrogens is 318 g/mol. The summed E-state index contributed by atoms with van der Waals surface area (Å²) >= 11 is 0. The first kappa shape index (κ1) is 19.4. The minimum atomic E-state index is -0.563. The Balaban J connectivity index is 2.40. The third kappa shape index (κ3) is 6.64. The van der Waals surface area contributed by atoms with Crippen molar-refractivity contribution in [3.63, 3.8) is 0 Å². The fraction of sp³-hybridized carbons (Fsp3) is 0.500. The van der Waals surface area contributed by atoms with Crippen LogP contribution < -0.4 is 4.74 Å². The van der Waals surface area contributed by atoms with Crippen LogP contribution in [0, 0.1) is 10.1 Å². The number of benzene rings is 1. The van der Waals surface area contributed by atoms with Crippen LogP contribution in [0.15, 0.2) is 18.2 Å². The fourth-order valence-corrected chi connectivity index (χ4v) is 1.87. The number of hydrogen-bond acceptors (Lipinski definition) is 7. The molecule has 0 aliphatic heterocycles. The molecule has 0 N–H and O–H groups in total. The van der Waals surface area contributed by atoms with Gasteiger partial charge in [-0.3, -0.25) is 19.7 Å². The van der Waals surface area contributed by atoms with Gasteiger partial charge >= 0.3 is 17.6 Å². The quantitative estimate of drug-likeness (QED) is 0.366. The monoisotopic (exact) mass is 339 g/mol. The third-order valence-corrected chi connectivity index (χ3v) is 3.07. The summed E-state index contributed by atoms with van der Waals surface area (Å²) in [6, 6.07) is 4.33. The van der Waals surface area contributed by atoms with Crippen molar-refractivity contribution in [1.29, 1.82) is 0 Å². The molecule has 132 valence electrons. The SMILES string of the molecule is CCCOC(=O)CCCC(=O)OCc1ccc(OC)c([N+](=O)[O-])c1. The van der Waals surface area contributed by atoms with Gasteiger partial charge in [0.05, 0.1) is 18.6 Å². The number of nitro groups is 1. The highest BCUT2D eigenvalue weighted by Crippen LogP contribution is 2.27. The second-order valence-electron chi connectivity index (χ2n) is 5.00. The van der Waals surface area contributed by atoms with E-state index in [1.807, 2.05) is 6.92 Å².